The first-order valence-corrected chi connectivity index (χ1v) is 7.01. The van der Waals surface area contributed by atoms with Gasteiger partial charge in [0.25, 0.3) is 0 Å². The fraction of sp³-hybridized carbons (Fsp3) is 1.00. The molecule has 3 nitrogen and oxygen atoms in total. The van der Waals surface area contributed by atoms with Gasteiger partial charge in [-0.2, -0.15) is 0 Å². The van der Waals surface area contributed by atoms with Crippen LogP contribution in [-0.2, 0) is 9.47 Å². The van der Waals surface area contributed by atoms with Gasteiger partial charge in [0.15, 0.2) is 0 Å². The van der Waals surface area contributed by atoms with Gasteiger partial charge in [-0.25, -0.2) is 0 Å². The van der Waals surface area contributed by atoms with Crippen LogP contribution >= 0.6 is 0 Å². The predicted octanol–water partition coefficient (Wildman–Crippen LogP) is 2.37. The molecule has 0 aromatic carbocycles. The van der Waals surface area contributed by atoms with Gasteiger partial charge in [-0.3, -0.25) is 0 Å². The first-order chi connectivity index (χ1) is 8.11. The Morgan fingerprint density at radius 2 is 1.94 bits per heavy atom. The van der Waals surface area contributed by atoms with E-state index in [1.54, 1.807) is 0 Å². The van der Waals surface area contributed by atoms with Crippen molar-refractivity contribution in [2.45, 2.75) is 57.7 Å². The summed E-state index contributed by atoms with van der Waals surface area (Å²) in [5.74, 6) is 0.989. The van der Waals surface area contributed by atoms with Crippen molar-refractivity contribution in [1.82, 2.24) is 0 Å². The maximum absolute atomic E-state index is 10.00. The number of rotatable bonds is 3. The first kappa shape index (κ1) is 13.3. The van der Waals surface area contributed by atoms with Gasteiger partial charge >= 0.3 is 0 Å². The molecule has 2 unspecified atom stereocenters. The molecular formula is C14H26O3. The van der Waals surface area contributed by atoms with Crippen molar-refractivity contribution in [2.75, 3.05) is 19.8 Å². The van der Waals surface area contributed by atoms with Gasteiger partial charge in [0.2, 0.25) is 0 Å². The summed E-state index contributed by atoms with van der Waals surface area (Å²) in [5, 5.41) is 10.00. The van der Waals surface area contributed by atoms with Gasteiger partial charge in [-0.1, -0.05) is 13.8 Å². The smallest absolute Gasteiger partial charge is 0.0729 e. The Labute approximate surface area is 104 Å². The van der Waals surface area contributed by atoms with Crippen LogP contribution in [0.25, 0.3) is 0 Å². The molecule has 0 bridgehead atoms. The standard InChI is InChI=1S/C14H26O3/c1-11(2)13(15)9-12-3-6-17-14(10-12)4-7-16-8-5-14/h11-13,15H,3-10H2,1-2H3. The molecule has 3 heteroatoms. The van der Waals surface area contributed by atoms with Crippen LogP contribution in [0.3, 0.4) is 0 Å². The van der Waals surface area contributed by atoms with E-state index in [9.17, 15) is 5.11 Å². The molecule has 1 spiro atoms. The van der Waals surface area contributed by atoms with Gasteiger partial charge < -0.3 is 14.6 Å². The van der Waals surface area contributed by atoms with E-state index in [0.717, 1.165) is 51.9 Å². The van der Waals surface area contributed by atoms with E-state index in [-0.39, 0.29) is 11.7 Å². The van der Waals surface area contributed by atoms with Crippen molar-refractivity contribution in [2.24, 2.45) is 11.8 Å². The highest BCUT2D eigenvalue weighted by Gasteiger charge is 2.39. The molecule has 0 saturated carbocycles. The van der Waals surface area contributed by atoms with Gasteiger partial charge in [0, 0.05) is 19.8 Å². The summed E-state index contributed by atoms with van der Waals surface area (Å²) < 4.78 is 11.4. The van der Waals surface area contributed by atoms with Crippen LogP contribution in [0.15, 0.2) is 0 Å². The maximum Gasteiger partial charge on any atom is 0.0729 e. The molecule has 0 aromatic heterocycles. The number of hydrogen-bond donors (Lipinski definition) is 1. The summed E-state index contributed by atoms with van der Waals surface area (Å²) in [5.41, 5.74) is 0.0673. The average Bonchev–Trinajstić information content (AvgIpc) is 2.30. The highest BCUT2D eigenvalue weighted by Crippen LogP contribution is 2.38. The van der Waals surface area contributed by atoms with Gasteiger partial charge in [0.05, 0.1) is 11.7 Å². The molecular weight excluding hydrogens is 216 g/mol. The van der Waals surface area contributed by atoms with Crippen LogP contribution in [0.5, 0.6) is 0 Å². The topological polar surface area (TPSA) is 38.7 Å². The normalized spacial score (nSPS) is 30.7. The second-order valence-electron chi connectivity index (χ2n) is 6.05. The maximum atomic E-state index is 10.00. The van der Waals surface area contributed by atoms with Crippen LogP contribution < -0.4 is 0 Å². The summed E-state index contributed by atoms with van der Waals surface area (Å²) in [6.45, 7) is 6.71. The van der Waals surface area contributed by atoms with E-state index >= 15 is 0 Å². The molecule has 2 atom stereocenters. The summed E-state index contributed by atoms with van der Waals surface area (Å²) in [6, 6.07) is 0. The highest BCUT2D eigenvalue weighted by atomic mass is 16.5. The van der Waals surface area contributed by atoms with E-state index < -0.39 is 0 Å². The fourth-order valence-corrected chi connectivity index (χ4v) is 3.04. The lowest BCUT2D eigenvalue weighted by molar-refractivity contribution is -0.150. The fourth-order valence-electron chi connectivity index (χ4n) is 3.04. The Hall–Kier alpha value is -0.120. The zero-order valence-electron chi connectivity index (χ0n) is 11.2. The summed E-state index contributed by atoms with van der Waals surface area (Å²) >= 11 is 0. The number of aliphatic hydroxyl groups is 1. The first-order valence-electron chi connectivity index (χ1n) is 7.01. The van der Waals surface area contributed by atoms with Crippen molar-refractivity contribution in [3.8, 4) is 0 Å². The second kappa shape index (κ2) is 5.68. The molecule has 2 aliphatic heterocycles. The van der Waals surface area contributed by atoms with E-state index in [2.05, 4.69) is 13.8 Å². The molecule has 100 valence electrons. The summed E-state index contributed by atoms with van der Waals surface area (Å²) in [7, 11) is 0. The van der Waals surface area contributed by atoms with Gasteiger partial charge in [-0.05, 0) is 43.9 Å². The molecule has 2 heterocycles. The third-order valence-corrected chi connectivity index (χ3v) is 4.34. The zero-order valence-corrected chi connectivity index (χ0v) is 11.2. The largest absolute Gasteiger partial charge is 0.393 e. The minimum absolute atomic E-state index is 0.0673. The number of aliphatic hydroxyl groups excluding tert-OH is 1. The Kier molecular flexibility index (Phi) is 4.45. The monoisotopic (exact) mass is 242 g/mol. The molecule has 0 aromatic rings. The molecule has 0 aliphatic carbocycles. The lowest BCUT2D eigenvalue weighted by Gasteiger charge is -2.44. The molecule has 1 N–H and O–H groups in total. The number of hydrogen-bond acceptors (Lipinski definition) is 3. The number of ether oxygens (including phenoxy) is 2. The van der Waals surface area contributed by atoms with E-state index in [0.29, 0.717) is 11.8 Å². The van der Waals surface area contributed by atoms with Crippen LogP contribution in [0, 0.1) is 11.8 Å². The lowest BCUT2D eigenvalue weighted by Crippen LogP contribution is -2.45. The SMILES string of the molecule is CC(C)C(O)CC1CCOC2(CCOCC2)C1. The van der Waals surface area contributed by atoms with Crippen molar-refractivity contribution < 1.29 is 14.6 Å². The van der Waals surface area contributed by atoms with E-state index in [1.165, 1.54) is 0 Å². The van der Waals surface area contributed by atoms with Crippen molar-refractivity contribution in [3.63, 3.8) is 0 Å². The second-order valence-corrected chi connectivity index (χ2v) is 6.05. The third kappa shape index (κ3) is 3.43. The van der Waals surface area contributed by atoms with E-state index in [4.69, 9.17) is 9.47 Å². The van der Waals surface area contributed by atoms with Gasteiger partial charge in [-0.15, -0.1) is 0 Å². The Morgan fingerprint density at radius 3 is 2.59 bits per heavy atom. The Bertz CT molecular complexity index is 228. The van der Waals surface area contributed by atoms with Crippen molar-refractivity contribution in [3.05, 3.63) is 0 Å². The molecule has 0 radical (unpaired) electrons. The third-order valence-electron chi connectivity index (χ3n) is 4.34. The predicted molar refractivity (Wildman–Crippen MR) is 66.9 cm³/mol. The average molecular weight is 242 g/mol. The molecule has 2 saturated heterocycles. The summed E-state index contributed by atoms with van der Waals surface area (Å²) in [4.78, 5) is 0. The molecule has 2 aliphatic rings. The zero-order chi connectivity index (χ0) is 12.3. The van der Waals surface area contributed by atoms with Gasteiger partial charge in [0.1, 0.15) is 0 Å². The minimum Gasteiger partial charge on any atom is -0.393 e. The van der Waals surface area contributed by atoms with Crippen molar-refractivity contribution in [1.29, 1.82) is 0 Å². The van der Waals surface area contributed by atoms with Crippen molar-refractivity contribution >= 4 is 0 Å². The van der Waals surface area contributed by atoms with Crippen LogP contribution in [0.1, 0.15) is 46.0 Å². The van der Waals surface area contributed by atoms with E-state index in [1.807, 2.05) is 0 Å². The van der Waals surface area contributed by atoms with Crippen LogP contribution in [-0.4, -0.2) is 36.6 Å². The molecule has 2 fully saturated rings. The minimum atomic E-state index is -0.157. The molecule has 17 heavy (non-hydrogen) atoms. The van der Waals surface area contributed by atoms with Crippen LogP contribution in [0.4, 0.5) is 0 Å². The van der Waals surface area contributed by atoms with Crippen LogP contribution in [0.2, 0.25) is 0 Å². The quantitative estimate of drug-likeness (QED) is 0.825. The summed E-state index contributed by atoms with van der Waals surface area (Å²) in [6.07, 6.45) is 5.05. The lowest BCUT2D eigenvalue weighted by atomic mass is 9.78. The highest BCUT2D eigenvalue weighted by molar-refractivity contribution is 4.89. The Morgan fingerprint density at radius 1 is 1.24 bits per heavy atom. The Balaban J connectivity index is 1.88. The molecule has 0 amide bonds. The molecule has 2 rings (SSSR count).